The van der Waals surface area contributed by atoms with Gasteiger partial charge in [0.05, 0.1) is 0 Å². The van der Waals surface area contributed by atoms with Crippen LogP contribution in [0.4, 0.5) is 0 Å². The first-order chi connectivity index (χ1) is 9.15. The molecular formula is C17H28N2. The number of aryl methyl sites for hydroxylation is 2. The predicted octanol–water partition coefficient (Wildman–Crippen LogP) is 3.25. The minimum Gasteiger partial charge on any atom is -0.330 e. The molecule has 1 aliphatic carbocycles. The van der Waals surface area contributed by atoms with Gasteiger partial charge in [-0.25, -0.2) is 0 Å². The van der Waals surface area contributed by atoms with Gasteiger partial charge in [-0.1, -0.05) is 31.5 Å². The Balaban J connectivity index is 2.08. The van der Waals surface area contributed by atoms with Crippen molar-refractivity contribution in [3.63, 3.8) is 0 Å². The standard InChI is InChI=1S/C17H28N2/c1-4-19(17-7-5-6-16(17)11-18)12-15-9-8-13(2)14(3)10-15/h8-10,16-17H,4-7,11-12,18H2,1-3H3. The molecule has 19 heavy (non-hydrogen) atoms. The van der Waals surface area contributed by atoms with Crippen LogP contribution < -0.4 is 5.73 Å². The molecule has 2 unspecified atom stereocenters. The third-order valence-electron chi connectivity index (χ3n) is 4.75. The van der Waals surface area contributed by atoms with Gasteiger partial charge in [-0.3, -0.25) is 4.90 Å². The summed E-state index contributed by atoms with van der Waals surface area (Å²) in [6.07, 6.45) is 3.97. The average Bonchev–Trinajstić information content (AvgIpc) is 2.88. The number of nitrogens with zero attached hydrogens (tertiary/aromatic N) is 1. The van der Waals surface area contributed by atoms with Gasteiger partial charge in [0.2, 0.25) is 0 Å². The van der Waals surface area contributed by atoms with E-state index in [0.29, 0.717) is 12.0 Å². The largest absolute Gasteiger partial charge is 0.330 e. The molecule has 2 nitrogen and oxygen atoms in total. The summed E-state index contributed by atoms with van der Waals surface area (Å²) in [6, 6.07) is 7.55. The summed E-state index contributed by atoms with van der Waals surface area (Å²) < 4.78 is 0. The van der Waals surface area contributed by atoms with Crippen LogP contribution in [-0.2, 0) is 6.54 Å². The fourth-order valence-electron chi connectivity index (χ4n) is 3.37. The molecule has 2 rings (SSSR count). The fourth-order valence-corrected chi connectivity index (χ4v) is 3.37. The quantitative estimate of drug-likeness (QED) is 0.880. The lowest BCUT2D eigenvalue weighted by Gasteiger charge is -2.32. The van der Waals surface area contributed by atoms with Gasteiger partial charge in [0, 0.05) is 12.6 Å². The summed E-state index contributed by atoms with van der Waals surface area (Å²) in [5.74, 6) is 0.700. The molecule has 0 aliphatic heterocycles. The van der Waals surface area contributed by atoms with Crippen LogP contribution in [-0.4, -0.2) is 24.0 Å². The summed E-state index contributed by atoms with van der Waals surface area (Å²) in [4.78, 5) is 2.62. The Labute approximate surface area is 118 Å². The Morgan fingerprint density at radius 3 is 2.63 bits per heavy atom. The minimum absolute atomic E-state index is 0.691. The highest BCUT2D eigenvalue weighted by atomic mass is 15.2. The van der Waals surface area contributed by atoms with Crippen molar-refractivity contribution in [1.29, 1.82) is 0 Å². The Kier molecular flexibility index (Phi) is 5.00. The molecule has 1 aromatic carbocycles. The monoisotopic (exact) mass is 260 g/mol. The Morgan fingerprint density at radius 2 is 2.00 bits per heavy atom. The zero-order chi connectivity index (χ0) is 13.8. The molecule has 2 N–H and O–H groups in total. The third-order valence-corrected chi connectivity index (χ3v) is 4.75. The molecule has 0 bridgehead atoms. The number of nitrogens with two attached hydrogens (primary N) is 1. The first kappa shape index (κ1) is 14.5. The average molecular weight is 260 g/mol. The third kappa shape index (κ3) is 3.37. The molecule has 2 heteroatoms. The van der Waals surface area contributed by atoms with Crippen molar-refractivity contribution in [1.82, 2.24) is 4.90 Å². The van der Waals surface area contributed by atoms with E-state index in [-0.39, 0.29) is 0 Å². The van der Waals surface area contributed by atoms with E-state index in [1.165, 1.54) is 36.0 Å². The van der Waals surface area contributed by atoms with Crippen molar-refractivity contribution in [2.75, 3.05) is 13.1 Å². The highest BCUT2D eigenvalue weighted by Crippen LogP contribution is 2.30. The van der Waals surface area contributed by atoms with Crippen LogP contribution >= 0.6 is 0 Å². The summed E-state index contributed by atoms with van der Waals surface area (Å²) in [6.45, 7) is 9.68. The normalized spacial score (nSPS) is 23.2. The molecule has 2 atom stereocenters. The molecule has 0 amide bonds. The number of hydrogen-bond acceptors (Lipinski definition) is 2. The van der Waals surface area contributed by atoms with Crippen molar-refractivity contribution < 1.29 is 0 Å². The van der Waals surface area contributed by atoms with E-state index in [2.05, 4.69) is 43.9 Å². The Bertz CT molecular complexity index is 414. The number of hydrogen-bond donors (Lipinski definition) is 1. The van der Waals surface area contributed by atoms with Crippen LogP contribution in [0.5, 0.6) is 0 Å². The second-order valence-corrected chi connectivity index (χ2v) is 5.98. The van der Waals surface area contributed by atoms with Gasteiger partial charge in [0.15, 0.2) is 0 Å². The predicted molar refractivity (Wildman–Crippen MR) is 82.2 cm³/mol. The molecule has 1 aliphatic rings. The molecule has 1 aromatic rings. The molecule has 1 saturated carbocycles. The van der Waals surface area contributed by atoms with Crippen LogP contribution in [0.1, 0.15) is 42.9 Å². The Morgan fingerprint density at radius 1 is 1.21 bits per heavy atom. The highest BCUT2D eigenvalue weighted by Gasteiger charge is 2.30. The van der Waals surface area contributed by atoms with E-state index in [4.69, 9.17) is 5.73 Å². The highest BCUT2D eigenvalue weighted by molar-refractivity contribution is 5.29. The zero-order valence-corrected chi connectivity index (χ0v) is 12.7. The van der Waals surface area contributed by atoms with Gasteiger partial charge in [-0.15, -0.1) is 0 Å². The molecule has 106 valence electrons. The Hall–Kier alpha value is -0.860. The molecule has 0 radical (unpaired) electrons. The van der Waals surface area contributed by atoms with E-state index in [0.717, 1.165) is 19.6 Å². The lowest BCUT2D eigenvalue weighted by Crippen LogP contribution is -2.39. The van der Waals surface area contributed by atoms with Crippen LogP contribution in [0.2, 0.25) is 0 Å². The lowest BCUT2D eigenvalue weighted by atomic mass is 10.0. The zero-order valence-electron chi connectivity index (χ0n) is 12.7. The molecule has 0 heterocycles. The number of benzene rings is 1. The second-order valence-electron chi connectivity index (χ2n) is 5.98. The smallest absolute Gasteiger partial charge is 0.0236 e. The van der Waals surface area contributed by atoms with Gasteiger partial charge in [-0.2, -0.15) is 0 Å². The SMILES string of the molecule is CCN(Cc1ccc(C)c(C)c1)C1CCCC1CN. The minimum atomic E-state index is 0.691. The van der Waals surface area contributed by atoms with E-state index < -0.39 is 0 Å². The molecule has 1 fully saturated rings. The summed E-state index contributed by atoms with van der Waals surface area (Å²) >= 11 is 0. The topological polar surface area (TPSA) is 29.3 Å². The maximum absolute atomic E-state index is 5.93. The van der Waals surface area contributed by atoms with Gasteiger partial charge >= 0.3 is 0 Å². The molecule has 0 aromatic heterocycles. The lowest BCUT2D eigenvalue weighted by molar-refractivity contribution is 0.162. The summed E-state index contributed by atoms with van der Waals surface area (Å²) in [5.41, 5.74) is 10.1. The van der Waals surface area contributed by atoms with Crippen molar-refractivity contribution in [3.8, 4) is 0 Å². The van der Waals surface area contributed by atoms with Crippen LogP contribution in [0.25, 0.3) is 0 Å². The van der Waals surface area contributed by atoms with Gasteiger partial charge < -0.3 is 5.73 Å². The maximum atomic E-state index is 5.93. The fraction of sp³-hybridized carbons (Fsp3) is 0.647. The van der Waals surface area contributed by atoms with E-state index in [1.807, 2.05) is 0 Å². The summed E-state index contributed by atoms with van der Waals surface area (Å²) in [7, 11) is 0. The van der Waals surface area contributed by atoms with E-state index in [9.17, 15) is 0 Å². The molecule has 0 spiro atoms. The van der Waals surface area contributed by atoms with Gasteiger partial charge in [0.1, 0.15) is 0 Å². The first-order valence-electron chi connectivity index (χ1n) is 7.66. The van der Waals surface area contributed by atoms with Crippen LogP contribution in [0.3, 0.4) is 0 Å². The second kappa shape index (κ2) is 6.53. The van der Waals surface area contributed by atoms with Crippen molar-refractivity contribution >= 4 is 0 Å². The summed E-state index contributed by atoms with van der Waals surface area (Å²) in [5, 5.41) is 0. The maximum Gasteiger partial charge on any atom is 0.0236 e. The van der Waals surface area contributed by atoms with Gasteiger partial charge in [0.25, 0.3) is 0 Å². The van der Waals surface area contributed by atoms with Crippen LogP contribution in [0.15, 0.2) is 18.2 Å². The van der Waals surface area contributed by atoms with Crippen LogP contribution in [0, 0.1) is 19.8 Å². The first-order valence-corrected chi connectivity index (χ1v) is 7.66. The van der Waals surface area contributed by atoms with Crippen molar-refractivity contribution in [3.05, 3.63) is 34.9 Å². The molecule has 0 saturated heterocycles. The van der Waals surface area contributed by atoms with Crippen molar-refractivity contribution in [2.24, 2.45) is 11.7 Å². The van der Waals surface area contributed by atoms with Crippen molar-refractivity contribution in [2.45, 2.75) is 52.6 Å². The van der Waals surface area contributed by atoms with Gasteiger partial charge in [-0.05, 0) is 62.4 Å². The molecular weight excluding hydrogens is 232 g/mol. The number of rotatable bonds is 5. The van der Waals surface area contributed by atoms with E-state index >= 15 is 0 Å². The van der Waals surface area contributed by atoms with E-state index in [1.54, 1.807) is 0 Å².